The lowest BCUT2D eigenvalue weighted by Gasteiger charge is -2.05. The molecule has 0 saturated carbocycles. The molecular weight excluding hydrogens is 236 g/mol. The molecule has 0 radical (unpaired) electrons. The van der Waals surface area contributed by atoms with E-state index in [1.165, 1.54) is 19.3 Å². The van der Waals surface area contributed by atoms with Gasteiger partial charge in [-0.2, -0.15) is 0 Å². The first-order valence-corrected chi connectivity index (χ1v) is 5.17. The fourth-order valence-corrected chi connectivity index (χ4v) is 1.54. The van der Waals surface area contributed by atoms with Gasteiger partial charge in [0.15, 0.2) is 0 Å². The molecule has 0 aliphatic heterocycles. The number of esters is 1. The number of hydrogen-bond donors (Lipinski definition) is 1. The topological polar surface area (TPSA) is 76.7 Å². The highest BCUT2D eigenvalue weighted by molar-refractivity contribution is 5.89. The number of carboxylic acid groups (broad SMARTS) is 1. The molecule has 0 aliphatic carbocycles. The molecule has 5 heteroatoms. The summed E-state index contributed by atoms with van der Waals surface area (Å²) in [6, 6.07) is 4.99. The maximum Gasteiger partial charge on any atom is 0.328 e. The van der Waals surface area contributed by atoms with Crippen LogP contribution in [-0.4, -0.2) is 17.0 Å². The van der Waals surface area contributed by atoms with Gasteiger partial charge < -0.3 is 14.3 Å². The van der Waals surface area contributed by atoms with Crippen LogP contribution >= 0.6 is 0 Å². The number of furan rings is 1. The standard InChI is InChI=1S/C13H10O5/c1-8(14)18-12-7-11-10(4-5-17-11)6-9(12)2-3-13(15)16/h2-7H,1H3,(H,15,16). The SMILES string of the molecule is CC(=O)Oc1cc2occc2cc1C=CC(=O)O. The largest absolute Gasteiger partial charge is 0.478 e. The highest BCUT2D eigenvalue weighted by Gasteiger charge is 2.08. The van der Waals surface area contributed by atoms with Gasteiger partial charge in [-0.25, -0.2) is 4.79 Å². The molecular formula is C13H10O5. The fraction of sp³-hybridized carbons (Fsp3) is 0.0769. The third kappa shape index (κ3) is 2.57. The van der Waals surface area contributed by atoms with Crippen LogP contribution in [0.3, 0.4) is 0 Å². The van der Waals surface area contributed by atoms with Crippen molar-refractivity contribution in [1.82, 2.24) is 0 Å². The lowest BCUT2D eigenvalue weighted by Crippen LogP contribution is -2.02. The molecule has 0 atom stereocenters. The third-order valence-electron chi connectivity index (χ3n) is 2.24. The summed E-state index contributed by atoms with van der Waals surface area (Å²) in [6.07, 6.45) is 3.86. The van der Waals surface area contributed by atoms with E-state index in [1.54, 1.807) is 18.2 Å². The summed E-state index contributed by atoms with van der Waals surface area (Å²) in [5.41, 5.74) is 1.07. The van der Waals surface area contributed by atoms with E-state index in [9.17, 15) is 9.59 Å². The van der Waals surface area contributed by atoms with Crippen molar-refractivity contribution in [1.29, 1.82) is 0 Å². The van der Waals surface area contributed by atoms with Gasteiger partial charge in [0.25, 0.3) is 0 Å². The number of aliphatic carboxylic acids is 1. The van der Waals surface area contributed by atoms with Crippen molar-refractivity contribution in [2.75, 3.05) is 0 Å². The predicted molar refractivity (Wildman–Crippen MR) is 64.2 cm³/mol. The molecule has 0 bridgehead atoms. The molecule has 0 amide bonds. The molecule has 0 fully saturated rings. The first-order chi connectivity index (χ1) is 8.56. The van der Waals surface area contributed by atoms with E-state index < -0.39 is 11.9 Å². The third-order valence-corrected chi connectivity index (χ3v) is 2.24. The van der Waals surface area contributed by atoms with E-state index >= 15 is 0 Å². The minimum Gasteiger partial charge on any atom is -0.478 e. The Morgan fingerprint density at radius 2 is 2.17 bits per heavy atom. The summed E-state index contributed by atoms with van der Waals surface area (Å²) >= 11 is 0. The predicted octanol–water partition coefficient (Wildman–Crippen LogP) is 2.46. The van der Waals surface area contributed by atoms with Gasteiger partial charge in [0.05, 0.1) is 6.26 Å². The van der Waals surface area contributed by atoms with E-state index in [-0.39, 0.29) is 5.75 Å². The van der Waals surface area contributed by atoms with Crippen molar-refractivity contribution < 1.29 is 23.8 Å². The van der Waals surface area contributed by atoms with Crippen LogP contribution in [0, 0.1) is 0 Å². The second-order valence-electron chi connectivity index (χ2n) is 3.61. The van der Waals surface area contributed by atoms with Crippen LogP contribution in [0.15, 0.2) is 35.0 Å². The van der Waals surface area contributed by atoms with Gasteiger partial charge in [0, 0.05) is 30.0 Å². The molecule has 0 spiro atoms. The van der Waals surface area contributed by atoms with Crippen molar-refractivity contribution >= 4 is 29.0 Å². The number of hydrogen-bond acceptors (Lipinski definition) is 4. The average molecular weight is 246 g/mol. The highest BCUT2D eigenvalue weighted by Crippen LogP contribution is 2.28. The van der Waals surface area contributed by atoms with Gasteiger partial charge >= 0.3 is 11.9 Å². The molecule has 2 aromatic rings. The summed E-state index contributed by atoms with van der Waals surface area (Å²) in [4.78, 5) is 21.5. The van der Waals surface area contributed by atoms with Crippen LogP contribution in [0.4, 0.5) is 0 Å². The minimum absolute atomic E-state index is 0.266. The van der Waals surface area contributed by atoms with E-state index in [0.29, 0.717) is 11.1 Å². The van der Waals surface area contributed by atoms with Gasteiger partial charge in [-0.05, 0) is 18.2 Å². The summed E-state index contributed by atoms with van der Waals surface area (Å²) < 4.78 is 10.2. The van der Waals surface area contributed by atoms with Crippen LogP contribution in [-0.2, 0) is 9.59 Å². The second kappa shape index (κ2) is 4.75. The zero-order valence-electron chi connectivity index (χ0n) is 9.54. The molecule has 1 N–H and O–H groups in total. The summed E-state index contributed by atoms with van der Waals surface area (Å²) in [7, 11) is 0. The van der Waals surface area contributed by atoms with Gasteiger partial charge in [0.2, 0.25) is 0 Å². The fourth-order valence-electron chi connectivity index (χ4n) is 1.54. The maximum absolute atomic E-state index is 11.0. The second-order valence-corrected chi connectivity index (χ2v) is 3.61. The molecule has 1 aromatic heterocycles. The van der Waals surface area contributed by atoms with Crippen molar-refractivity contribution in [3.63, 3.8) is 0 Å². The maximum atomic E-state index is 11.0. The van der Waals surface area contributed by atoms with Gasteiger partial charge in [-0.15, -0.1) is 0 Å². The van der Waals surface area contributed by atoms with E-state index in [4.69, 9.17) is 14.3 Å². The molecule has 18 heavy (non-hydrogen) atoms. The van der Waals surface area contributed by atoms with Gasteiger partial charge in [0.1, 0.15) is 11.3 Å². The van der Waals surface area contributed by atoms with Crippen LogP contribution in [0.2, 0.25) is 0 Å². The molecule has 0 unspecified atom stereocenters. The molecule has 1 aromatic carbocycles. The lowest BCUT2D eigenvalue weighted by atomic mass is 10.1. The smallest absolute Gasteiger partial charge is 0.328 e. The van der Waals surface area contributed by atoms with Crippen LogP contribution < -0.4 is 4.74 Å². The van der Waals surface area contributed by atoms with E-state index in [1.807, 2.05) is 0 Å². The number of carboxylic acids is 1. The van der Waals surface area contributed by atoms with E-state index in [0.717, 1.165) is 11.5 Å². The van der Waals surface area contributed by atoms with Crippen LogP contribution in [0.1, 0.15) is 12.5 Å². The molecule has 1 heterocycles. The first kappa shape index (κ1) is 11.9. The van der Waals surface area contributed by atoms with Crippen LogP contribution in [0.25, 0.3) is 17.0 Å². The Labute approximate surface area is 102 Å². The lowest BCUT2D eigenvalue weighted by molar-refractivity contribution is -0.132. The van der Waals surface area contributed by atoms with Gasteiger partial charge in [-0.1, -0.05) is 0 Å². The number of fused-ring (bicyclic) bond motifs is 1. The normalized spacial score (nSPS) is 10.9. The Balaban J connectivity index is 2.51. The molecule has 92 valence electrons. The Morgan fingerprint density at radius 1 is 1.39 bits per heavy atom. The average Bonchev–Trinajstić information content (AvgIpc) is 2.71. The number of rotatable bonds is 3. The molecule has 2 rings (SSSR count). The minimum atomic E-state index is -1.07. The van der Waals surface area contributed by atoms with Crippen molar-refractivity contribution in [2.45, 2.75) is 6.92 Å². The highest BCUT2D eigenvalue weighted by atomic mass is 16.5. The zero-order valence-corrected chi connectivity index (χ0v) is 9.54. The molecule has 0 aliphatic rings. The Kier molecular flexibility index (Phi) is 3.14. The summed E-state index contributed by atoms with van der Waals surface area (Å²) in [6.45, 7) is 1.27. The number of ether oxygens (including phenoxy) is 1. The zero-order chi connectivity index (χ0) is 13.1. The summed E-state index contributed by atoms with van der Waals surface area (Å²) in [5, 5.41) is 9.41. The summed E-state index contributed by atoms with van der Waals surface area (Å²) in [5.74, 6) is -1.29. The van der Waals surface area contributed by atoms with Crippen molar-refractivity contribution in [3.05, 3.63) is 36.1 Å². The Bertz CT molecular complexity index is 636. The molecule has 5 nitrogen and oxygen atoms in total. The number of benzene rings is 1. The van der Waals surface area contributed by atoms with Crippen molar-refractivity contribution in [2.24, 2.45) is 0 Å². The van der Waals surface area contributed by atoms with Crippen LogP contribution in [0.5, 0.6) is 5.75 Å². The number of carbonyl (C=O) groups excluding carboxylic acids is 1. The molecule has 0 saturated heterocycles. The monoisotopic (exact) mass is 246 g/mol. The first-order valence-electron chi connectivity index (χ1n) is 5.17. The Morgan fingerprint density at radius 3 is 2.83 bits per heavy atom. The van der Waals surface area contributed by atoms with E-state index in [2.05, 4.69) is 0 Å². The quantitative estimate of drug-likeness (QED) is 0.511. The Hall–Kier alpha value is -2.56. The van der Waals surface area contributed by atoms with Crippen molar-refractivity contribution in [3.8, 4) is 5.75 Å². The van der Waals surface area contributed by atoms with Gasteiger partial charge in [-0.3, -0.25) is 4.79 Å². The number of carbonyl (C=O) groups is 2.